The molecule has 1 spiro atoms. The summed E-state index contributed by atoms with van der Waals surface area (Å²) in [6.45, 7) is 5.06. The third-order valence-corrected chi connectivity index (χ3v) is 9.27. The molecule has 1 aromatic carbocycles. The van der Waals surface area contributed by atoms with Crippen LogP contribution in [-0.2, 0) is 5.41 Å². The Morgan fingerprint density at radius 3 is 2.38 bits per heavy atom. The van der Waals surface area contributed by atoms with Crippen LogP contribution in [-0.4, -0.2) is 36.6 Å². The maximum atomic E-state index is 13.2. The van der Waals surface area contributed by atoms with Crippen molar-refractivity contribution in [2.45, 2.75) is 69.4 Å². The summed E-state index contributed by atoms with van der Waals surface area (Å²) in [6, 6.07) is 10.0. The fourth-order valence-electron chi connectivity index (χ4n) is 7.89. The fraction of sp³-hybridized carbons (Fsp3) is 0.720. The van der Waals surface area contributed by atoms with Crippen molar-refractivity contribution in [3.05, 3.63) is 35.4 Å². The first kappa shape index (κ1) is 18.2. The maximum absolute atomic E-state index is 13.2. The zero-order chi connectivity index (χ0) is 19.6. The molecule has 2 heterocycles. The van der Waals surface area contributed by atoms with Crippen LogP contribution in [0.4, 0.5) is 4.79 Å². The van der Waals surface area contributed by atoms with Crippen LogP contribution >= 0.6 is 0 Å². The summed E-state index contributed by atoms with van der Waals surface area (Å²) in [7, 11) is 0. The molecule has 4 heteroatoms. The highest BCUT2D eigenvalue weighted by Gasteiger charge is 2.49. The van der Waals surface area contributed by atoms with Gasteiger partial charge in [-0.25, -0.2) is 4.79 Å². The van der Waals surface area contributed by atoms with Crippen LogP contribution in [0.1, 0.15) is 69.0 Å². The summed E-state index contributed by atoms with van der Waals surface area (Å²) in [4.78, 5) is 15.3. The normalized spacial score (nSPS) is 39.4. The number of hydrogen-bond acceptors (Lipinski definition) is 2. The van der Waals surface area contributed by atoms with Crippen molar-refractivity contribution >= 4 is 6.03 Å². The fourth-order valence-corrected chi connectivity index (χ4v) is 7.89. The summed E-state index contributed by atoms with van der Waals surface area (Å²) < 4.78 is 0. The van der Waals surface area contributed by atoms with Gasteiger partial charge < -0.3 is 15.5 Å². The molecular formula is C25H35N3O. The lowest BCUT2D eigenvalue weighted by molar-refractivity contribution is -0.0115. The minimum absolute atomic E-state index is 0.197. The van der Waals surface area contributed by atoms with Gasteiger partial charge in [-0.3, -0.25) is 0 Å². The molecule has 2 aliphatic heterocycles. The number of hydrogen-bond donors (Lipinski definition) is 2. The van der Waals surface area contributed by atoms with Gasteiger partial charge in [0.05, 0.1) is 0 Å². The van der Waals surface area contributed by atoms with E-state index < -0.39 is 0 Å². The van der Waals surface area contributed by atoms with Gasteiger partial charge in [0, 0.05) is 37.1 Å². The number of fused-ring (bicyclic) bond motifs is 2. The summed E-state index contributed by atoms with van der Waals surface area (Å²) in [6.07, 6.45) is 9.06. The molecule has 2 amide bonds. The van der Waals surface area contributed by atoms with Gasteiger partial charge in [-0.05, 0) is 86.7 Å². The summed E-state index contributed by atoms with van der Waals surface area (Å²) >= 11 is 0. The Balaban J connectivity index is 1.13. The largest absolute Gasteiger partial charge is 0.335 e. The Bertz CT molecular complexity index is 769. The third kappa shape index (κ3) is 2.93. The van der Waals surface area contributed by atoms with Crippen molar-refractivity contribution in [2.24, 2.45) is 23.7 Å². The highest BCUT2D eigenvalue weighted by atomic mass is 16.2. The van der Waals surface area contributed by atoms with Crippen molar-refractivity contribution in [3.63, 3.8) is 0 Å². The number of nitrogens with one attached hydrogen (secondary N) is 2. The zero-order valence-corrected chi connectivity index (χ0v) is 17.7. The van der Waals surface area contributed by atoms with E-state index in [-0.39, 0.29) is 11.4 Å². The maximum Gasteiger partial charge on any atom is 0.317 e. The Kier molecular flexibility index (Phi) is 4.23. The number of carbonyl (C=O) groups is 1. The third-order valence-electron chi connectivity index (χ3n) is 9.27. The molecule has 1 saturated heterocycles. The van der Waals surface area contributed by atoms with Crippen LogP contribution < -0.4 is 10.6 Å². The molecule has 29 heavy (non-hydrogen) atoms. The van der Waals surface area contributed by atoms with Crippen molar-refractivity contribution in [1.29, 1.82) is 0 Å². The highest BCUT2D eigenvalue weighted by molar-refractivity contribution is 5.75. The van der Waals surface area contributed by atoms with E-state index in [1.807, 2.05) is 0 Å². The van der Waals surface area contributed by atoms with Gasteiger partial charge >= 0.3 is 6.03 Å². The van der Waals surface area contributed by atoms with Gasteiger partial charge in [0.1, 0.15) is 0 Å². The molecular weight excluding hydrogens is 358 g/mol. The van der Waals surface area contributed by atoms with Crippen LogP contribution in [0.15, 0.2) is 24.3 Å². The highest BCUT2D eigenvalue weighted by Crippen LogP contribution is 2.53. The van der Waals surface area contributed by atoms with Crippen molar-refractivity contribution in [2.75, 3.05) is 19.6 Å². The average molecular weight is 394 g/mol. The number of likely N-dealkylation sites (tertiary alicyclic amines) is 1. The molecule has 7 rings (SSSR count). The minimum Gasteiger partial charge on any atom is -0.335 e. The van der Waals surface area contributed by atoms with Gasteiger partial charge in [-0.1, -0.05) is 24.3 Å². The number of carbonyl (C=O) groups excluding carboxylic acids is 1. The average Bonchev–Trinajstić information content (AvgIpc) is 2.74. The molecule has 156 valence electrons. The zero-order valence-electron chi connectivity index (χ0n) is 17.7. The van der Waals surface area contributed by atoms with Gasteiger partial charge in [0.25, 0.3) is 0 Å². The van der Waals surface area contributed by atoms with Crippen LogP contribution in [0.3, 0.4) is 0 Å². The molecule has 4 saturated carbocycles. The standard InChI is InChI=1S/C25H35N3O/c1-16-21-4-2-3-5-22(21)25(15-26-16)6-8-28(9-7-25)24(29)27-23-19-11-17-10-18(13-19)14-20(23)12-17/h2-5,16-20,23,26H,6-15H2,1H3,(H,27,29). The second kappa shape index (κ2) is 6.73. The van der Waals surface area contributed by atoms with E-state index in [0.717, 1.165) is 56.1 Å². The monoisotopic (exact) mass is 393 g/mol. The molecule has 1 unspecified atom stereocenters. The SMILES string of the molecule is CC1NCC2(CCN(C(=O)NC3C4CC5CC(C4)CC3C5)CC2)c2ccccc21. The minimum atomic E-state index is 0.197. The first-order chi connectivity index (χ1) is 14.1. The number of nitrogens with zero attached hydrogens (tertiary/aromatic N) is 1. The van der Waals surface area contributed by atoms with E-state index in [1.54, 1.807) is 0 Å². The summed E-state index contributed by atoms with van der Waals surface area (Å²) in [5, 5.41) is 7.25. The first-order valence-electron chi connectivity index (χ1n) is 12.0. The second-order valence-electron chi connectivity index (χ2n) is 10.9. The van der Waals surface area contributed by atoms with Crippen molar-refractivity contribution < 1.29 is 4.79 Å². The Morgan fingerprint density at radius 1 is 1.03 bits per heavy atom. The van der Waals surface area contributed by atoms with Gasteiger partial charge in [-0.15, -0.1) is 0 Å². The van der Waals surface area contributed by atoms with Crippen LogP contribution in [0, 0.1) is 23.7 Å². The molecule has 2 N–H and O–H groups in total. The number of benzene rings is 1. The summed E-state index contributed by atoms with van der Waals surface area (Å²) in [5.74, 6) is 3.42. The number of urea groups is 1. The number of amides is 2. The lowest BCUT2D eigenvalue weighted by Crippen LogP contribution is -2.60. The lowest BCUT2D eigenvalue weighted by Gasteiger charge is -2.54. The molecule has 1 aromatic rings. The van der Waals surface area contributed by atoms with Gasteiger partial charge in [0.15, 0.2) is 0 Å². The van der Waals surface area contributed by atoms with Crippen LogP contribution in [0.5, 0.6) is 0 Å². The Morgan fingerprint density at radius 2 is 1.69 bits per heavy atom. The number of rotatable bonds is 1. The van der Waals surface area contributed by atoms with Crippen LogP contribution in [0.25, 0.3) is 0 Å². The Labute approximate surface area is 174 Å². The molecule has 4 aliphatic carbocycles. The van der Waals surface area contributed by atoms with Crippen LogP contribution in [0.2, 0.25) is 0 Å². The lowest BCUT2D eigenvalue weighted by atomic mass is 9.54. The molecule has 5 fully saturated rings. The molecule has 6 aliphatic rings. The molecule has 4 bridgehead atoms. The molecule has 1 atom stereocenters. The van der Waals surface area contributed by atoms with Crippen molar-refractivity contribution in [3.8, 4) is 0 Å². The topological polar surface area (TPSA) is 44.4 Å². The first-order valence-corrected chi connectivity index (χ1v) is 12.0. The van der Waals surface area contributed by atoms with E-state index in [4.69, 9.17) is 0 Å². The van der Waals surface area contributed by atoms with Gasteiger partial charge in [0.2, 0.25) is 0 Å². The smallest absolute Gasteiger partial charge is 0.317 e. The van der Waals surface area contributed by atoms with E-state index >= 15 is 0 Å². The number of piperidine rings is 1. The van der Waals surface area contributed by atoms with E-state index in [1.165, 1.54) is 43.2 Å². The quantitative estimate of drug-likeness (QED) is 0.750. The predicted octanol–water partition coefficient (Wildman–Crippen LogP) is 4.22. The van der Waals surface area contributed by atoms with Crippen molar-refractivity contribution in [1.82, 2.24) is 15.5 Å². The van der Waals surface area contributed by atoms with E-state index in [2.05, 4.69) is 46.7 Å². The summed E-state index contributed by atoms with van der Waals surface area (Å²) in [5.41, 5.74) is 3.17. The molecule has 0 aromatic heterocycles. The Hall–Kier alpha value is -1.55. The predicted molar refractivity (Wildman–Crippen MR) is 115 cm³/mol. The molecule has 4 nitrogen and oxygen atoms in total. The molecule has 0 radical (unpaired) electrons. The van der Waals surface area contributed by atoms with Gasteiger partial charge in [-0.2, -0.15) is 0 Å². The second-order valence-corrected chi connectivity index (χ2v) is 10.9. The van der Waals surface area contributed by atoms with E-state index in [9.17, 15) is 4.79 Å². The van der Waals surface area contributed by atoms with E-state index in [0.29, 0.717) is 12.1 Å².